The molecule has 1 saturated carbocycles. The molecule has 2 aliphatic heterocycles. The number of nitrogens with zero attached hydrogens (tertiary/aromatic N) is 6. The standard InChI is InChI=1S/C31H32FN7O4S/c1-18-22-6-4-3-5-19(22)12-14-38(18)31(41)25-15-26(20-7-8-20)39-28(33-25)16-24(35-39)23-9-10-27(34-29(23)32)37-13-11-21(17-37)30(40)36-44(2,42)43/h3-6,9-10,15-16,18,20-21H,7-8,11-14,17H2,1-2H3,(H,36,40)/t18-,21?/m1/s1. The third-order valence-corrected chi connectivity index (χ3v) is 9.38. The largest absolute Gasteiger partial charge is 0.356 e. The van der Waals surface area contributed by atoms with Crippen LogP contribution in [0, 0.1) is 11.9 Å². The molecule has 13 heteroatoms. The molecule has 1 aromatic carbocycles. The van der Waals surface area contributed by atoms with Gasteiger partial charge in [0.1, 0.15) is 11.5 Å². The number of sulfonamides is 1. The number of aromatic nitrogens is 4. The van der Waals surface area contributed by atoms with Crippen molar-refractivity contribution in [3.05, 3.63) is 77.0 Å². The fraction of sp³-hybridized carbons (Fsp3) is 0.387. The van der Waals surface area contributed by atoms with E-state index in [9.17, 15) is 18.0 Å². The van der Waals surface area contributed by atoms with Gasteiger partial charge in [-0.05, 0) is 61.9 Å². The lowest BCUT2D eigenvalue weighted by atomic mass is 9.93. The molecule has 5 heterocycles. The van der Waals surface area contributed by atoms with E-state index in [1.165, 1.54) is 5.56 Å². The summed E-state index contributed by atoms with van der Waals surface area (Å²) in [5, 5.41) is 4.69. The van der Waals surface area contributed by atoms with Gasteiger partial charge in [0.2, 0.25) is 21.9 Å². The Balaban J connectivity index is 1.15. The first kappa shape index (κ1) is 28.4. The highest BCUT2D eigenvalue weighted by Crippen LogP contribution is 2.41. The zero-order valence-electron chi connectivity index (χ0n) is 24.4. The van der Waals surface area contributed by atoms with E-state index in [1.54, 1.807) is 27.6 Å². The molecule has 0 bridgehead atoms. The number of hydrogen-bond donors (Lipinski definition) is 1. The lowest BCUT2D eigenvalue weighted by Gasteiger charge is -2.35. The topological polar surface area (TPSA) is 130 Å². The number of pyridine rings is 1. The first-order valence-electron chi connectivity index (χ1n) is 14.8. The lowest BCUT2D eigenvalue weighted by Crippen LogP contribution is -2.39. The van der Waals surface area contributed by atoms with Crippen LogP contribution in [0.1, 0.15) is 65.5 Å². The summed E-state index contributed by atoms with van der Waals surface area (Å²) in [7, 11) is -3.66. The van der Waals surface area contributed by atoms with Crippen LogP contribution in [0.25, 0.3) is 16.9 Å². The summed E-state index contributed by atoms with van der Waals surface area (Å²) in [6.45, 7) is 3.32. The molecule has 2 amide bonds. The molecule has 228 valence electrons. The molecule has 0 radical (unpaired) electrons. The van der Waals surface area contributed by atoms with Crippen molar-refractivity contribution >= 4 is 33.3 Å². The highest BCUT2D eigenvalue weighted by Gasteiger charge is 2.33. The van der Waals surface area contributed by atoms with Crippen molar-refractivity contribution in [3.8, 4) is 11.3 Å². The molecule has 1 aliphatic carbocycles. The number of anilines is 1. The number of carbonyl (C=O) groups excluding carboxylic acids is 2. The van der Waals surface area contributed by atoms with E-state index in [0.717, 1.165) is 36.8 Å². The highest BCUT2D eigenvalue weighted by molar-refractivity contribution is 7.89. The van der Waals surface area contributed by atoms with Gasteiger partial charge in [-0.15, -0.1) is 0 Å². The number of halogens is 1. The molecule has 44 heavy (non-hydrogen) atoms. The SMILES string of the molecule is C[C@@H]1c2ccccc2CCN1C(=O)c1cc(C2CC2)n2nc(-c3ccc(N4CCC(C(=O)NS(C)(=O)=O)C4)nc3F)cc2n1. The third kappa shape index (κ3) is 5.29. The number of hydrogen-bond acceptors (Lipinski definition) is 8. The summed E-state index contributed by atoms with van der Waals surface area (Å²) in [6.07, 6.45) is 4.12. The van der Waals surface area contributed by atoms with Gasteiger partial charge in [-0.25, -0.2) is 22.9 Å². The van der Waals surface area contributed by atoms with E-state index in [4.69, 9.17) is 4.98 Å². The average Bonchev–Trinajstić information content (AvgIpc) is 3.54. The molecule has 0 spiro atoms. The summed E-state index contributed by atoms with van der Waals surface area (Å²) in [5.41, 5.74) is 4.67. The van der Waals surface area contributed by atoms with Gasteiger partial charge in [0.05, 0.1) is 29.5 Å². The zero-order valence-corrected chi connectivity index (χ0v) is 25.2. The molecule has 1 unspecified atom stereocenters. The Labute approximate surface area is 254 Å². The van der Waals surface area contributed by atoms with Crippen molar-refractivity contribution in [2.24, 2.45) is 5.92 Å². The van der Waals surface area contributed by atoms with Crippen LogP contribution in [0.5, 0.6) is 0 Å². The smallest absolute Gasteiger partial charge is 0.273 e. The third-order valence-electron chi connectivity index (χ3n) is 8.80. The molecule has 4 aromatic rings. The fourth-order valence-electron chi connectivity index (χ4n) is 6.35. The number of amides is 2. The Kier molecular flexibility index (Phi) is 6.87. The summed E-state index contributed by atoms with van der Waals surface area (Å²) in [4.78, 5) is 38.5. The van der Waals surface area contributed by atoms with Crippen LogP contribution in [0.15, 0.2) is 48.5 Å². The van der Waals surface area contributed by atoms with Crippen LogP contribution in [-0.4, -0.2) is 70.6 Å². The van der Waals surface area contributed by atoms with Crippen LogP contribution < -0.4 is 9.62 Å². The lowest BCUT2D eigenvalue weighted by molar-refractivity contribution is -0.122. The van der Waals surface area contributed by atoms with Gasteiger partial charge < -0.3 is 9.80 Å². The second kappa shape index (κ2) is 10.7. The predicted molar refractivity (Wildman–Crippen MR) is 161 cm³/mol. The molecule has 1 saturated heterocycles. The van der Waals surface area contributed by atoms with Crippen LogP contribution >= 0.6 is 0 Å². The van der Waals surface area contributed by atoms with E-state index in [-0.39, 0.29) is 30.0 Å². The molecule has 7 rings (SSSR count). The monoisotopic (exact) mass is 617 g/mol. The Morgan fingerprint density at radius 3 is 2.57 bits per heavy atom. The van der Waals surface area contributed by atoms with Crippen molar-refractivity contribution in [3.63, 3.8) is 0 Å². The number of fused-ring (bicyclic) bond motifs is 2. The first-order chi connectivity index (χ1) is 21.1. The van der Waals surface area contributed by atoms with Gasteiger partial charge in [0.15, 0.2) is 5.65 Å². The van der Waals surface area contributed by atoms with Gasteiger partial charge in [-0.3, -0.25) is 14.3 Å². The molecule has 11 nitrogen and oxygen atoms in total. The van der Waals surface area contributed by atoms with E-state index >= 15 is 4.39 Å². The predicted octanol–water partition coefficient (Wildman–Crippen LogP) is 3.47. The van der Waals surface area contributed by atoms with Gasteiger partial charge in [-0.1, -0.05) is 24.3 Å². The number of nitrogens with one attached hydrogen (secondary N) is 1. The van der Waals surface area contributed by atoms with Crippen molar-refractivity contribution < 1.29 is 22.4 Å². The van der Waals surface area contributed by atoms with E-state index in [1.807, 2.05) is 34.7 Å². The minimum absolute atomic E-state index is 0.0750. The maximum Gasteiger partial charge on any atom is 0.273 e. The van der Waals surface area contributed by atoms with E-state index in [2.05, 4.69) is 22.2 Å². The zero-order chi connectivity index (χ0) is 30.7. The molecule has 2 fully saturated rings. The summed E-state index contributed by atoms with van der Waals surface area (Å²) in [5.74, 6) is -1.36. The van der Waals surface area contributed by atoms with Crippen LogP contribution in [0.3, 0.4) is 0 Å². The van der Waals surface area contributed by atoms with Gasteiger partial charge in [-0.2, -0.15) is 9.49 Å². The van der Waals surface area contributed by atoms with E-state index < -0.39 is 27.8 Å². The van der Waals surface area contributed by atoms with Gasteiger partial charge in [0, 0.05) is 37.3 Å². The fourth-order valence-corrected chi connectivity index (χ4v) is 6.88. The van der Waals surface area contributed by atoms with Crippen LogP contribution in [0.2, 0.25) is 0 Å². The van der Waals surface area contributed by atoms with Crippen LogP contribution in [-0.2, 0) is 21.2 Å². The molecular formula is C31H32FN7O4S. The molecule has 1 N–H and O–H groups in total. The highest BCUT2D eigenvalue weighted by atomic mass is 32.2. The van der Waals surface area contributed by atoms with Crippen LogP contribution in [0.4, 0.5) is 10.2 Å². The minimum Gasteiger partial charge on any atom is -0.356 e. The minimum atomic E-state index is -3.66. The normalized spacial score (nSPS) is 20.2. The molecular weight excluding hydrogens is 585 g/mol. The Hall–Kier alpha value is -4.39. The summed E-state index contributed by atoms with van der Waals surface area (Å²) >= 11 is 0. The molecule has 3 aliphatic rings. The second-order valence-electron chi connectivity index (χ2n) is 11.9. The number of rotatable bonds is 6. The number of carbonyl (C=O) groups is 2. The van der Waals surface area contributed by atoms with Gasteiger partial charge >= 0.3 is 0 Å². The summed E-state index contributed by atoms with van der Waals surface area (Å²) in [6, 6.07) is 14.9. The van der Waals surface area contributed by atoms with Crippen molar-refractivity contribution in [1.82, 2.24) is 29.2 Å². The maximum atomic E-state index is 15.5. The quantitative estimate of drug-likeness (QED) is 0.326. The number of benzene rings is 1. The van der Waals surface area contributed by atoms with Gasteiger partial charge in [0.25, 0.3) is 5.91 Å². The Morgan fingerprint density at radius 1 is 1.02 bits per heavy atom. The first-order valence-corrected chi connectivity index (χ1v) is 16.7. The summed E-state index contributed by atoms with van der Waals surface area (Å²) < 4.78 is 42.0. The molecule has 2 atom stereocenters. The average molecular weight is 618 g/mol. The van der Waals surface area contributed by atoms with Crippen molar-refractivity contribution in [2.45, 2.75) is 44.6 Å². The van der Waals surface area contributed by atoms with Crippen molar-refractivity contribution in [1.29, 1.82) is 0 Å². The maximum absolute atomic E-state index is 15.5. The second-order valence-corrected chi connectivity index (χ2v) is 13.7. The van der Waals surface area contributed by atoms with E-state index in [0.29, 0.717) is 42.4 Å². The Morgan fingerprint density at radius 2 is 1.82 bits per heavy atom. The van der Waals surface area contributed by atoms with Crippen molar-refractivity contribution in [2.75, 3.05) is 30.8 Å². The Bertz CT molecular complexity index is 1920. The molecule has 3 aromatic heterocycles.